The molecule has 6 heteroatoms. The highest BCUT2D eigenvalue weighted by atomic mass is 35.5. The average Bonchev–Trinajstić information content (AvgIpc) is 2.95. The summed E-state index contributed by atoms with van der Waals surface area (Å²) in [6, 6.07) is 13.9. The molecule has 0 saturated carbocycles. The molecule has 3 aromatic rings. The summed E-state index contributed by atoms with van der Waals surface area (Å²) in [5.74, 6) is 1.05. The van der Waals surface area contributed by atoms with Gasteiger partial charge in [-0.3, -0.25) is 4.90 Å². The highest BCUT2D eigenvalue weighted by Gasteiger charge is 2.17. The number of para-hydroxylation sites is 2. The molecule has 2 heterocycles. The molecule has 4 nitrogen and oxygen atoms in total. The summed E-state index contributed by atoms with van der Waals surface area (Å²) in [6.07, 6.45) is 0. The van der Waals surface area contributed by atoms with E-state index in [0.29, 0.717) is 16.6 Å². The fraction of sp³-hybridized carbons (Fsp3) is 0.316. The number of halogens is 2. The van der Waals surface area contributed by atoms with Gasteiger partial charge in [-0.2, -0.15) is 0 Å². The standard InChI is InChI=1S/C19H19Cl2N3O/c20-15-6-5-14(16(21)11-15)12-24-18-4-2-1-3-17(18)22-19(24)13-23-7-9-25-10-8-23/h1-6,11H,7-10,12-13H2. The summed E-state index contributed by atoms with van der Waals surface area (Å²) >= 11 is 12.4. The Kier molecular flexibility index (Phi) is 4.95. The van der Waals surface area contributed by atoms with Crippen LogP contribution >= 0.6 is 23.2 Å². The Hall–Kier alpha value is -1.59. The van der Waals surface area contributed by atoms with Crippen LogP contribution in [0, 0.1) is 0 Å². The Morgan fingerprint density at radius 3 is 2.60 bits per heavy atom. The lowest BCUT2D eigenvalue weighted by molar-refractivity contribution is 0.0327. The van der Waals surface area contributed by atoms with Crippen LogP contribution < -0.4 is 0 Å². The molecule has 0 N–H and O–H groups in total. The van der Waals surface area contributed by atoms with Crippen molar-refractivity contribution < 1.29 is 4.74 Å². The molecule has 0 amide bonds. The Morgan fingerprint density at radius 1 is 1.00 bits per heavy atom. The Morgan fingerprint density at radius 2 is 1.80 bits per heavy atom. The number of morpholine rings is 1. The lowest BCUT2D eigenvalue weighted by atomic mass is 10.2. The van der Waals surface area contributed by atoms with Crippen LogP contribution in [0.5, 0.6) is 0 Å². The molecular formula is C19H19Cl2N3O. The van der Waals surface area contributed by atoms with Gasteiger partial charge in [0.2, 0.25) is 0 Å². The van der Waals surface area contributed by atoms with Crippen molar-refractivity contribution in [1.29, 1.82) is 0 Å². The van der Waals surface area contributed by atoms with Gasteiger partial charge in [0.05, 0.1) is 37.3 Å². The van der Waals surface area contributed by atoms with E-state index in [2.05, 4.69) is 21.6 Å². The molecule has 25 heavy (non-hydrogen) atoms. The lowest BCUT2D eigenvalue weighted by Crippen LogP contribution is -2.36. The van der Waals surface area contributed by atoms with Crippen molar-refractivity contribution in [2.24, 2.45) is 0 Å². The predicted molar refractivity (Wildman–Crippen MR) is 101 cm³/mol. The van der Waals surface area contributed by atoms with E-state index in [1.54, 1.807) is 6.07 Å². The van der Waals surface area contributed by atoms with E-state index in [4.69, 9.17) is 32.9 Å². The Bertz CT molecular complexity index is 888. The molecule has 1 fully saturated rings. The van der Waals surface area contributed by atoms with Crippen molar-refractivity contribution in [2.45, 2.75) is 13.1 Å². The number of rotatable bonds is 4. The lowest BCUT2D eigenvalue weighted by Gasteiger charge is -2.26. The fourth-order valence-electron chi connectivity index (χ4n) is 3.20. The van der Waals surface area contributed by atoms with Crippen LogP contribution in [0.1, 0.15) is 11.4 Å². The molecular weight excluding hydrogens is 357 g/mol. The van der Waals surface area contributed by atoms with Gasteiger partial charge in [0.25, 0.3) is 0 Å². The van der Waals surface area contributed by atoms with E-state index in [9.17, 15) is 0 Å². The molecule has 1 aliphatic rings. The summed E-state index contributed by atoms with van der Waals surface area (Å²) in [5, 5.41) is 1.33. The monoisotopic (exact) mass is 375 g/mol. The van der Waals surface area contributed by atoms with Gasteiger partial charge in [-0.25, -0.2) is 4.98 Å². The highest BCUT2D eigenvalue weighted by Crippen LogP contribution is 2.25. The van der Waals surface area contributed by atoms with Crippen LogP contribution in [-0.4, -0.2) is 40.8 Å². The molecule has 0 bridgehead atoms. The number of hydrogen-bond donors (Lipinski definition) is 0. The average molecular weight is 376 g/mol. The summed E-state index contributed by atoms with van der Waals surface area (Å²) in [7, 11) is 0. The van der Waals surface area contributed by atoms with Crippen molar-refractivity contribution >= 4 is 34.2 Å². The molecule has 1 saturated heterocycles. The van der Waals surface area contributed by atoms with Gasteiger partial charge in [0, 0.05) is 23.1 Å². The first-order valence-electron chi connectivity index (χ1n) is 8.39. The SMILES string of the molecule is Clc1ccc(Cn2c(CN3CCOCC3)nc3ccccc32)c(Cl)c1. The first kappa shape index (κ1) is 16.9. The molecule has 4 rings (SSSR count). The number of ether oxygens (including phenoxy) is 1. The topological polar surface area (TPSA) is 30.3 Å². The van der Waals surface area contributed by atoms with E-state index in [1.165, 1.54) is 0 Å². The molecule has 0 unspecified atom stereocenters. The molecule has 1 aliphatic heterocycles. The zero-order chi connectivity index (χ0) is 17.2. The van der Waals surface area contributed by atoms with E-state index >= 15 is 0 Å². The molecule has 0 radical (unpaired) electrons. The first-order valence-corrected chi connectivity index (χ1v) is 9.14. The van der Waals surface area contributed by atoms with Crippen LogP contribution in [0.25, 0.3) is 11.0 Å². The maximum absolute atomic E-state index is 6.40. The molecule has 2 aromatic carbocycles. The van der Waals surface area contributed by atoms with Gasteiger partial charge in [-0.15, -0.1) is 0 Å². The minimum atomic E-state index is 0.651. The number of fused-ring (bicyclic) bond motifs is 1. The van der Waals surface area contributed by atoms with Crippen LogP contribution in [-0.2, 0) is 17.8 Å². The molecule has 0 aliphatic carbocycles. The zero-order valence-electron chi connectivity index (χ0n) is 13.8. The molecule has 1 aromatic heterocycles. The predicted octanol–water partition coefficient (Wildman–Crippen LogP) is 4.22. The second-order valence-corrected chi connectivity index (χ2v) is 7.07. The van der Waals surface area contributed by atoms with Gasteiger partial charge in [-0.05, 0) is 29.8 Å². The summed E-state index contributed by atoms with van der Waals surface area (Å²) in [5.41, 5.74) is 3.17. The van der Waals surface area contributed by atoms with Crippen LogP contribution in [0.4, 0.5) is 0 Å². The second-order valence-electron chi connectivity index (χ2n) is 6.23. The molecule has 130 valence electrons. The Labute approximate surface area is 156 Å². The normalized spacial score (nSPS) is 15.8. The van der Waals surface area contributed by atoms with E-state index < -0.39 is 0 Å². The third-order valence-electron chi connectivity index (χ3n) is 4.55. The van der Waals surface area contributed by atoms with Crippen molar-refractivity contribution in [3.63, 3.8) is 0 Å². The quantitative estimate of drug-likeness (QED) is 0.683. The van der Waals surface area contributed by atoms with Crippen molar-refractivity contribution in [1.82, 2.24) is 14.5 Å². The van der Waals surface area contributed by atoms with Crippen molar-refractivity contribution in [2.75, 3.05) is 26.3 Å². The van der Waals surface area contributed by atoms with E-state index in [0.717, 1.165) is 55.3 Å². The first-order chi connectivity index (χ1) is 12.2. The summed E-state index contributed by atoms with van der Waals surface area (Å²) in [6.45, 7) is 4.92. The summed E-state index contributed by atoms with van der Waals surface area (Å²) < 4.78 is 7.70. The van der Waals surface area contributed by atoms with Gasteiger partial charge < -0.3 is 9.30 Å². The largest absolute Gasteiger partial charge is 0.379 e. The maximum Gasteiger partial charge on any atom is 0.124 e. The minimum absolute atomic E-state index is 0.651. The van der Waals surface area contributed by atoms with Crippen LogP contribution in [0.3, 0.4) is 0 Å². The van der Waals surface area contributed by atoms with Crippen molar-refractivity contribution in [3.05, 3.63) is 63.9 Å². The molecule has 0 atom stereocenters. The fourth-order valence-corrected chi connectivity index (χ4v) is 3.67. The third-order valence-corrected chi connectivity index (χ3v) is 5.13. The number of hydrogen-bond acceptors (Lipinski definition) is 3. The van der Waals surface area contributed by atoms with Gasteiger partial charge in [-0.1, -0.05) is 41.4 Å². The number of benzene rings is 2. The molecule has 0 spiro atoms. The van der Waals surface area contributed by atoms with Gasteiger partial charge >= 0.3 is 0 Å². The number of imidazole rings is 1. The highest BCUT2D eigenvalue weighted by molar-refractivity contribution is 6.35. The van der Waals surface area contributed by atoms with Crippen LogP contribution in [0.2, 0.25) is 10.0 Å². The third kappa shape index (κ3) is 3.67. The second kappa shape index (κ2) is 7.34. The van der Waals surface area contributed by atoms with Crippen molar-refractivity contribution in [3.8, 4) is 0 Å². The van der Waals surface area contributed by atoms with E-state index in [-0.39, 0.29) is 0 Å². The van der Waals surface area contributed by atoms with Gasteiger partial charge in [0.15, 0.2) is 0 Å². The zero-order valence-corrected chi connectivity index (χ0v) is 15.3. The Balaban J connectivity index is 1.70. The van der Waals surface area contributed by atoms with Gasteiger partial charge in [0.1, 0.15) is 5.82 Å². The van der Waals surface area contributed by atoms with E-state index in [1.807, 2.05) is 24.3 Å². The number of aromatic nitrogens is 2. The smallest absolute Gasteiger partial charge is 0.124 e. The minimum Gasteiger partial charge on any atom is -0.379 e. The number of nitrogens with zero attached hydrogens (tertiary/aromatic N) is 3. The van der Waals surface area contributed by atoms with Crippen LogP contribution in [0.15, 0.2) is 42.5 Å². The maximum atomic E-state index is 6.40. The summed E-state index contributed by atoms with van der Waals surface area (Å²) in [4.78, 5) is 7.24.